The average Bonchev–Trinajstić information content (AvgIpc) is 3.42. The van der Waals surface area contributed by atoms with E-state index in [4.69, 9.17) is 24.5 Å². The van der Waals surface area contributed by atoms with Gasteiger partial charge in [0.15, 0.2) is 11.2 Å². The van der Waals surface area contributed by atoms with Gasteiger partial charge in [-0.2, -0.15) is 4.98 Å². The number of imidazole rings is 1. The smallest absolute Gasteiger partial charge is 0.342 e. The zero-order valence-corrected chi connectivity index (χ0v) is 25.1. The summed E-state index contributed by atoms with van der Waals surface area (Å²) < 4.78 is 37.2. The summed E-state index contributed by atoms with van der Waals surface area (Å²) in [5, 5.41) is 5.27. The van der Waals surface area contributed by atoms with Crippen molar-refractivity contribution in [3.05, 3.63) is 88.5 Å². The third-order valence-corrected chi connectivity index (χ3v) is 8.11. The van der Waals surface area contributed by atoms with Crippen LogP contribution in [0.5, 0.6) is 0 Å². The fourth-order valence-corrected chi connectivity index (χ4v) is 5.67. The van der Waals surface area contributed by atoms with E-state index in [1.807, 2.05) is 36.4 Å². The number of nitrogen functional groups attached to an aromatic ring is 1. The van der Waals surface area contributed by atoms with Crippen molar-refractivity contribution in [1.29, 1.82) is 0 Å². The van der Waals surface area contributed by atoms with Crippen molar-refractivity contribution in [3.8, 4) is 0 Å². The molecule has 5 N–H and O–H groups in total. The lowest BCUT2D eigenvalue weighted by Crippen LogP contribution is -2.42. The quantitative estimate of drug-likeness (QED) is 0.0801. The second kappa shape index (κ2) is 15.4. The van der Waals surface area contributed by atoms with Crippen molar-refractivity contribution < 1.29 is 32.9 Å². The molecule has 0 unspecified atom stereocenters. The molecule has 2 aromatic carbocycles. The van der Waals surface area contributed by atoms with E-state index in [1.165, 1.54) is 24.7 Å². The van der Waals surface area contributed by atoms with Gasteiger partial charge in [0, 0.05) is 0 Å². The first kappa shape index (κ1) is 32.5. The highest BCUT2D eigenvalue weighted by Crippen LogP contribution is 2.39. The van der Waals surface area contributed by atoms with Crippen molar-refractivity contribution >= 4 is 36.7 Å². The third kappa shape index (κ3) is 9.30. The number of hydrogen-bond donors (Lipinski definition) is 4. The monoisotopic (exact) mass is 627 g/mol. The average molecular weight is 628 g/mol. The van der Waals surface area contributed by atoms with Crippen LogP contribution in [0.15, 0.2) is 71.8 Å². The standard InChI is InChI=1S/C28H34N7O8P/c1-19(26(37)41-15-21-9-5-3-6-10-21)33-44(39,34-20(2)27(38)42-16-22-11-7-4-8-12-22)43-14-13-40-18-35-17-30-23-24(35)31-28(29)32-25(23)36/h3-12,17,19-20H,13-16,18H2,1-2H3,(H2,33,34,39)(H3,29,31,32,36)/t19-,20-/m0/s1. The highest BCUT2D eigenvalue weighted by molar-refractivity contribution is 7.54. The van der Waals surface area contributed by atoms with Gasteiger partial charge in [0.05, 0.1) is 19.5 Å². The van der Waals surface area contributed by atoms with Crippen LogP contribution in [-0.4, -0.2) is 56.8 Å². The summed E-state index contributed by atoms with van der Waals surface area (Å²) in [6, 6.07) is 16.0. The van der Waals surface area contributed by atoms with E-state index >= 15 is 0 Å². The summed E-state index contributed by atoms with van der Waals surface area (Å²) in [5.74, 6) is -1.42. The number of carbonyl (C=O) groups is 2. The van der Waals surface area contributed by atoms with Gasteiger partial charge in [-0.05, 0) is 25.0 Å². The number of benzene rings is 2. The highest BCUT2D eigenvalue weighted by atomic mass is 31.2. The molecule has 0 fully saturated rings. The molecule has 0 saturated heterocycles. The fraction of sp³-hybridized carbons (Fsp3) is 0.321. The lowest BCUT2D eigenvalue weighted by atomic mass is 10.2. The van der Waals surface area contributed by atoms with Crippen LogP contribution in [-0.2, 0) is 52.8 Å². The van der Waals surface area contributed by atoms with Crippen molar-refractivity contribution in [2.75, 3.05) is 18.9 Å². The Morgan fingerprint density at radius 3 is 2.02 bits per heavy atom. The van der Waals surface area contributed by atoms with Crippen molar-refractivity contribution in [2.24, 2.45) is 0 Å². The molecule has 15 nitrogen and oxygen atoms in total. The molecule has 16 heteroatoms. The number of aromatic amines is 1. The maximum atomic E-state index is 13.8. The topological polar surface area (TPSA) is 202 Å². The molecular weight excluding hydrogens is 593 g/mol. The van der Waals surface area contributed by atoms with Gasteiger partial charge in [0.25, 0.3) is 5.56 Å². The summed E-state index contributed by atoms with van der Waals surface area (Å²) in [7, 11) is -4.06. The van der Waals surface area contributed by atoms with Crippen LogP contribution < -0.4 is 21.5 Å². The van der Waals surface area contributed by atoms with E-state index in [0.717, 1.165) is 11.1 Å². The molecule has 0 saturated carbocycles. The molecular formula is C28H34N7O8P. The molecule has 234 valence electrons. The number of aromatic nitrogens is 4. The van der Waals surface area contributed by atoms with E-state index in [2.05, 4.69) is 25.1 Å². The number of hydrogen-bond acceptors (Lipinski definition) is 11. The van der Waals surface area contributed by atoms with E-state index in [0.29, 0.717) is 0 Å². The second-order valence-corrected chi connectivity index (χ2v) is 11.5. The molecule has 0 amide bonds. The van der Waals surface area contributed by atoms with Gasteiger partial charge in [-0.15, -0.1) is 0 Å². The minimum atomic E-state index is -4.06. The lowest BCUT2D eigenvalue weighted by Gasteiger charge is -2.26. The van der Waals surface area contributed by atoms with Gasteiger partial charge in [0.2, 0.25) is 5.95 Å². The Hall–Kier alpha value is -4.40. The summed E-state index contributed by atoms with van der Waals surface area (Å²) in [5.41, 5.74) is 7.02. The van der Waals surface area contributed by atoms with Crippen molar-refractivity contribution in [3.63, 3.8) is 0 Å². The fourth-order valence-electron chi connectivity index (χ4n) is 3.89. The number of nitrogens with one attached hydrogen (secondary N) is 3. The summed E-state index contributed by atoms with van der Waals surface area (Å²) in [4.78, 5) is 47.8. The first-order valence-electron chi connectivity index (χ1n) is 13.6. The number of H-pyrrole nitrogens is 1. The lowest BCUT2D eigenvalue weighted by molar-refractivity contribution is -0.147. The first-order valence-corrected chi connectivity index (χ1v) is 15.3. The Kier molecular flexibility index (Phi) is 11.4. The molecule has 0 bridgehead atoms. The van der Waals surface area contributed by atoms with Crippen LogP contribution in [0.2, 0.25) is 0 Å². The van der Waals surface area contributed by atoms with Crippen LogP contribution in [0, 0.1) is 0 Å². The van der Waals surface area contributed by atoms with E-state index < -0.39 is 37.3 Å². The molecule has 0 aliphatic carbocycles. The number of nitrogens with two attached hydrogens (primary N) is 1. The number of carbonyl (C=O) groups excluding carboxylic acids is 2. The molecule has 2 heterocycles. The summed E-state index contributed by atoms with van der Waals surface area (Å²) in [6.07, 6.45) is 1.37. The number of anilines is 1. The van der Waals surface area contributed by atoms with Gasteiger partial charge >= 0.3 is 19.6 Å². The molecule has 0 aliphatic rings. The maximum absolute atomic E-state index is 13.8. The van der Waals surface area contributed by atoms with Gasteiger partial charge in [-0.25, -0.2) is 15.2 Å². The Morgan fingerprint density at radius 2 is 1.48 bits per heavy atom. The van der Waals surface area contributed by atoms with E-state index in [1.54, 1.807) is 24.3 Å². The number of esters is 2. The molecule has 2 aromatic heterocycles. The minimum Gasteiger partial charge on any atom is -0.460 e. The SMILES string of the molecule is C[C@H](NP(=O)(N[C@@H](C)C(=O)OCc1ccccc1)OCCOCn1cnc2c(=O)[nH]c(N)nc21)C(=O)OCc1ccccc1. The number of rotatable bonds is 16. The van der Waals surface area contributed by atoms with E-state index in [9.17, 15) is 18.9 Å². The first-order chi connectivity index (χ1) is 21.1. The number of fused-ring (bicyclic) bond motifs is 1. The second-order valence-electron chi connectivity index (χ2n) is 9.65. The Morgan fingerprint density at radius 1 is 0.932 bits per heavy atom. The molecule has 0 spiro atoms. The van der Waals surface area contributed by atoms with Gasteiger partial charge in [-0.3, -0.25) is 28.5 Å². The third-order valence-electron chi connectivity index (χ3n) is 6.11. The van der Waals surface area contributed by atoms with Crippen LogP contribution in [0.3, 0.4) is 0 Å². The van der Waals surface area contributed by atoms with Gasteiger partial charge in [-0.1, -0.05) is 60.7 Å². The predicted molar refractivity (Wildman–Crippen MR) is 160 cm³/mol. The van der Waals surface area contributed by atoms with Gasteiger partial charge in [0.1, 0.15) is 32.0 Å². The summed E-state index contributed by atoms with van der Waals surface area (Å²) in [6.45, 7) is 2.63. The maximum Gasteiger partial charge on any atom is 0.342 e. The normalized spacial score (nSPS) is 13.0. The Bertz CT molecular complexity index is 1580. The van der Waals surface area contributed by atoms with Crippen LogP contribution in [0.1, 0.15) is 25.0 Å². The predicted octanol–water partition coefficient (Wildman–Crippen LogP) is 2.24. The zero-order valence-electron chi connectivity index (χ0n) is 24.2. The molecule has 4 rings (SSSR count). The van der Waals surface area contributed by atoms with Crippen LogP contribution in [0.4, 0.5) is 5.95 Å². The van der Waals surface area contributed by atoms with Crippen molar-refractivity contribution in [1.82, 2.24) is 29.7 Å². The van der Waals surface area contributed by atoms with Crippen molar-refractivity contribution in [2.45, 2.75) is 45.9 Å². The molecule has 44 heavy (non-hydrogen) atoms. The van der Waals surface area contributed by atoms with E-state index in [-0.39, 0.29) is 50.3 Å². The summed E-state index contributed by atoms with van der Waals surface area (Å²) >= 11 is 0. The minimum absolute atomic E-state index is 0.0235. The molecule has 4 aromatic rings. The van der Waals surface area contributed by atoms with Crippen LogP contribution >= 0.6 is 7.67 Å². The zero-order chi connectivity index (χ0) is 31.5. The Balaban J connectivity index is 1.35. The molecule has 0 radical (unpaired) electrons. The largest absolute Gasteiger partial charge is 0.460 e. The molecule has 2 atom stereocenters. The molecule has 0 aliphatic heterocycles. The number of nitrogens with zero attached hydrogens (tertiary/aromatic N) is 3. The van der Waals surface area contributed by atoms with Crippen LogP contribution in [0.25, 0.3) is 11.2 Å². The van der Waals surface area contributed by atoms with Gasteiger partial charge < -0.3 is 24.5 Å². The number of ether oxygens (including phenoxy) is 3. The highest BCUT2D eigenvalue weighted by Gasteiger charge is 2.33. The Labute approximate surface area is 252 Å².